The Morgan fingerprint density at radius 1 is 0.206 bits per heavy atom. The number of rotatable bonds is 9. The molecule has 0 fully saturated rings. The Hall–Kier alpha value is -8.26. The van der Waals surface area contributed by atoms with Crippen LogP contribution in [-0.2, 0) is 0 Å². The van der Waals surface area contributed by atoms with E-state index in [4.69, 9.17) is 0 Å². The predicted octanol–water partition coefficient (Wildman–Crippen LogP) is 17.5. The molecule has 11 aromatic carbocycles. The normalized spacial score (nSPS) is 11.2. The molecule has 0 aliphatic carbocycles. The minimum absolute atomic E-state index is 1.08. The molecule has 11 aromatic rings. The van der Waals surface area contributed by atoms with E-state index in [2.05, 4.69) is 266 Å². The van der Waals surface area contributed by atoms with E-state index in [1.165, 1.54) is 77.2 Å². The fraction of sp³-hybridized carbons (Fsp3) is 0. The Morgan fingerprint density at radius 2 is 0.571 bits per heavy atom. The summed E-state index contributed by atoms with van der Waals surface area (Å²) in [4.78, 5) is 2.45. The van der Waals surface area contributed by atoms with Gasteiger partial charge in [0.05, 0.1) is 5.69 Å². The van der Waals surface area contributed by atoms with Crippen LogP contribution in [0.5, 0.6) is 0 Å². The molecule has 0 unspecified atom stereocenters. The third-order valence-corrected chi connectivity index (χ3v) is 12.3. The predicted molar refractivity (Wildman–Crippen MR) is 269 cm³/mol. The van der Waals surface area contributed by atoms with Crippen LogP contribution in [-0.4, -0.2) is 0 Å². The average Bonchev–Trinajstić information content (AvgIpc) is 3.37. The van der Waals surface area contributed by atoms with Gasteiger partial charge in [-0.25, -0.2) is 0 Å². The first kappa shape index (κ1) is 37.7. The highest BCUT2D eigenvalue weighted by Crippen LogP contribution is 2.48. The molecule has 0 bridgehead atoms. The van der Waals surface area contributed by atoms with Crippen LogP contribution >= 0.6 is 0 Å². The summed E-state index contributed by atoms with van der Waals surface area (Å²) in [5.74, 6) is 0. The Balaban J connectivity index is 1.13. The van der Waals surface area contributed by atoms with Crippen molar-refractivity contribution in [3.8, 4) is 66.8 Å². The van der Waals surface area contributed by atoms with Gasteiger partial charge < -0.3 is 4.90 Å². The molecule has 0 saturated carbocycles. The standard InChI is InChI=1S/C62H43N/c1-6-18-44(19-7-1)46-30-32-47(33-31-46)48-34-37-53(38-35-48)63(60-41-36-52(45-20-8-2-9-21-45)42-58(60)49-22-10-3-11-23-49)54-39-40-57-59(43-54)55-28-16-17-29-56(55)61(50-24-12-4-13-25-50)62(57)51-26-14-5-15-27-51/h1-43H. The number of hydrogen-bond acceptors (Lipinski definition) is 1. The lowest BCUT2D eigenvalue weighted by molar-refractivity contribution is 1.29. The van der Waals surface area contributed by atoms with Crippen LogP contribution in [0.15, 0.2) is 261 Å². The summed E-state index contributed by atoms with van der Waals surface area (Å²) in [6.45, 7) is 0. The van der Waals surface area contributed by atoms with Crippen molar-refractivity contribution >= 4 is 38.6 Å². The molecule has 1 nitrogen and oxygen atoms in total. The lowest BCUT2D eigenvalue weighted by atomic mass is 9.85. The highest BCUT2D eigenvalue weighted by atomic mass is 15.1. The number of nitrogens with zero attached hydrogens (tertiary/aromatic N) is 1. The van der Waals surface area contributed by atoms with Crippen molar-refractivity contribution in [3.63, 3.8) is 0 Å². The van der Waals surface area contributed by atoms with Gasteiger partial charge in [-0.05, 0) is 119 Å². The largest absolute Gasteiger partial charge is 0.310 e. The van der Waals surface area contributed by atoms with Gasteiger partial charge in [0.1, 0.15) is 0 Å². The molecule has 296 valence electrons. The van der Waals surface area contributed by atoms with Gasteiger partial charge in [0, 0.05) is 16.9 Å². The van der Waals surface area contributed by atoms with E-state index in [9.17, 15) is 0 Å². The molecule has 1 heteroatoms. The molecule has 0 saturated heterocycles. The van der Waals surface area contributed by atoms with Crippen LogP contribution in [0.2, 0.25) is 0 Å². The lowest BCUT2D eigenvalue weighted by Crippen LogP contribution is -2.11. The molecule has 0 heterocycles. The van der Waals surface area contributed by atoms with E-state index in [-0.39, 0.29) is 0 Å². The van der Waals surface area contributed by atoms with Gasteiger partial charge in [-0.15, -0.1) is 0 Å². The minimum Gasteiger partial charge on any atom is -0.310 e. The summed E-state index contributed by atoms with van der Waals surface area (Å²) in [6, 6.07) is 94.7. The highest BCUT2D eigenvalue weighted by Gasteiger charge is 2.22. The first-order valence-electron chi connectivity index (χ1n) is 21.7. The molecule has 0 radical (unpaired) electrons. The zero-order chi connectivity index (χ0) is 42.0. The van der Waals surface area contributed by atoms with E-state index in [1.54, 1.807) is 0 Å². The maximum Gasteiger partial charge on any atom is 0.0540 e. The summed E-state index contributed by atoms with van der Waals surface area (Å²) in [7, 11) is 0. The SMILES string of the molecule is c1ccc(-c2ccc(-c3ccc(N(c4ccc5c(-c6ccccc6)c(-c6ccccc6)c6ccccc6c5c4)c4ccc(-c5ccccc5)cc4-c4ccccc4)cc3)cc2)cc1. The van der Waals surface area contributed by atoms with E-state index in [0.717, 1.165) is 28.2 Å². The van der Waals surface area contributed by atoms with Crippen molar-refractivity contribution in [2.45, 2.75) is 0 Å². The molecule has 0 atom stereocenters. The average molecular weight is 802 g/mol. The van der Waals surface area contributed by atoms with Crippen LogP contribution in [0, 0.1) is 0 Å². The Labute approximate surface area is 369 Å². The molecular weight excluding hydrogens is 759 g/mol. The van der Waals surface area contributed by atoms with E-state index >= 15 is 0 Å². The zero-order valence-corrected chi connectivity index (χ0v) is 34.8. The molecule has 0 aliphatic heterocycles. The van der Waals surface area contributed by atoms with Gasteiger partial charge in [-0.1, -0.05) is 224 Å². The van der Waals surface area contributed by atoms with Crippen molar-refractivity contribution < 1.29 is 0 Å². The second-order valence-corrected chi connectivity index (χ2v) is 16.0. The van der Waals surface area contributed by atoms with Crippen LogP contribution in [0.3, 0.4) is 0 Å². The van der Waals surface area contributed by atoms with Crippen LogP contribution in [0.4, 0.5) is 17.1 Å². The van der Waals surface area contributed by atoms with E-state index in [0.29, 0.717) is 0 Å². The summed E-state index contributed by atoms with van der Waals surface area (Å²) < 4.78 is 0. The minimum atomic E-state index is 1.08. The van der Waals surface area contributed by atoms with Crippen molar-refractivity contribution in [2.75, 3.05) is 4.90 Å². The molecule has 11 rings (SSSR count). The van der Waals surface area contributed by atoms with E-state index < -0.39 is 0 Å². The number of anilines is 3. The van der Waals surface area contributed by atoms with E-state index in [1.807, 2.05) is 0 Å². The second kappa shape index (κ2) is 16.7. The lowest BCUT2D eigenvalue weighted by Gasteiger charge is -2.29. The third kappa shape index (κ3) is 7.26. The van der Waals surface area contributed by atoms with Crippen molar-refractivity contribution in [1.29, 1.82) is 0 Å². The number of benzene rings is 11. The molecule has 0 N–H and O–H groups in total. The fourth-order valence-electron chi connectivity index (χ4n) is 9.23. The van der Waals surface area contributed by atoms with Gasteiger partial charge >= 0.3 is 0 Å². The quantitative estimate of drug-likeness (QED) is 0.131. The topological polar surface area (TPSA) is 3.24 Å². The first-order valence-corrected chi connectivity index (χ1v) is 21.7. The van der Waals surface area contributed by atoms with Crippen LogP contribution in [0.25, 0.3) is 88.3 Å². The van der Waals surface area contributed by atoms with Gasteiger partial charge in [0.2, 0.25) is 0 Å². The summed E-state index contributed by atoms with van der Waals surface area (Å²) >= 11 is 0. The molecule has 0 spiro atoms. The van der Waals surface area contributed by atoms with Crippen LogP contribution < -0.4 is 4.90 Å². The molecule has 0 aliphatic rings. The van der Waals surface area contributed by atoms with Crippen molar-refractivity contribution in [2.24, 2.45) is 0 Å². The van der Waals surface area contributed by atoms with Crippen molar-refractivity contribution in [1.82, 2.24) is 0 Å². The number of hydrogen-bond donors (Lipinski definition) is 0. The Morgan fingerprint density at radius 3 is 1.10 bits per heavy atom. The number of fused-ring (bicyclic) bond motifs is 3. The van der Waals surface area contributed by atoms with Crippen LogP contribution in [0.1, 0.15) is 0 Å². The van der Waals surface area contributed by atoms with Gasteiger partial charge in [0.25, 0.3) is 0 Å². The first-order chi connectivity index (χ1) is 31.3. The maximum absolute atomic E-state index is 2.45. The highest BCUT2D eigenvalue weighted by molar-refractivity contribution is 6.22. The molecular formula is C62H43N. The molecule has 0 aromatic heterocycles. The fourth-order valence-corrected chi connectivity index (χ4v) is 9.23. The second-order valence-electron chi connectivity index (χ2n) is 16.0. The Bertz CT molecular complexity index is 3320. The monoisotopic (exact) mass is 801 g/mol. The zero-order valence-electron chi connectivity index (χ0n) is 34.8. The van der Waals surface area contributed by atoms with Crippen molar-refractivity contribution in [3.05, 3.63) is 261 Å². The summed E-state index contributed by atoms with van der Waals surface area (Å²) in [6.07, 6.45) is 0. The summed E-state index contributed by atoms with van der Waals surface area (Å²) in [5, 5.41) is 4.90. The molecule has 63 heavy (non-hydrogen) atoms. The molecule has 0 amide bonds. The maximum atomic E-state index is 2.45. The van der Waals surface area contributed by atoms with Gasteiger partial charge in [0.15, 0.2) is 0 Å². The smallest absolute Gasteiger partial charge is 0.0540 e. The Kier molecular flexibility index (Phi) is 9.97. The summed E-state index contributed by atoms with van der Waals surface area (Å²) in [5.41, 5.74) is 17.7. The van der Waals surface area contributed by atoms with Gasteiger partial charge in [-0.3, -0.25) is 0 Å². The third-order valence-electron chi connectivity index (χ3n) is 12.3. The van der Waals surface area contributed by atoms with Gasteiger partial charge in [-0.2, -0.15) is 0 Å².